The van der Waals surface area contributed by atoms with Crippen LogP contribution in [-0.2, 0) is 21.1 Å². The summed E-state index contributed by atoms with van der Waals surface area (Å²) in [5.41, 5.74) is 1.42. The molecule has 0 atom stereocenters. The number of alkyl halides is 3. The molecule has 1 saturated carbocycles. The van der Waals surface area contributed by atoms with E-state index in [1.807, 2.05) is 0 Å². The van der Waals surface area contributed by atoms with Gasteiger partial charge in [-0.05, 0) is 42.5 Å². The third-order valence-electron chi connectivity index (χ3n) is 5.43. The minimum Gasteiger partial charge on any atom is -0.282 e. The zero-order valence-corrected chi connectivity index (χ0v) is 17.9. The number of carbonyl (C=O) groups excluding carboxylic acids is 1. The van der Waals surface area contributed by atoms with Crippen molar-refractivity contribution >= 4 is 22.2 Å². The summed E-state index contributed by atoms with van der Waals surface area (Å²) in [7, 11) is -4.79. The predicted molar refractivity (Wildman–Crippen MR) is 114 cm³/mol. The first-order valence-electron chi connectivity index (χ1n) is 10.2. The van der Waals surface area contributed by atoms with Crippen molar-refractivity contribution in [2.75, 3.05) is 0 Å². The standard InChI is InChI=1S/C22H23F3N2O4S/c23-22(24,25)17-10-11-20(32(29,30)31)19(13-17)18-9-5-4-8-16(18)14-26-27-21(28)12-15-6-2-1-3-7-15/h4-5,8-11,13-15H,1-3,6-7,12H2,(H,27,28)(H,29,30,31)/b26-14+. The van der Waals surface area contributed by atoms with Crippen molar-refractivity contribution in [1.82, 2.24) is 5.43 Å². The van der Waals surface area contributed by atoms with Gasteiger partial charge in [0.15, 0.2) is 0 Å². The van der Waals surface area contributed by atoms with Crippen LogP contribution in [0.15, 0.2) is 52.5 Å². The highest BCUT2D eigenvalue weighted by Crippen LogP contribution is 2.36. The van der Waals surface area contributed by atoms with Crippen molar-refractivity contribution in [3.63, 3.8) is 0 Å². The Kier molecular flexibility index (Phi) is 7.35. The fraction of sp³-hybridized carbons (Fsp3) is 0.364. The molecule has 0 spiro atoms. The van der Waals surface area contributed by atoms with Gasteiger partial charge in [-0.2, -0.15) is 26.7 Å². The molecule has 172 valence electrons. The molecule has 2 aromatic carbocycles. The molecule has 0 aliphatic heterocycles. The Balaban J connectivity index is 1.89. The second-order valence-electron chi connectivity index (χ2n) is 7.77. The number of carbonyl (C=O) groups is 1. The van der Waals surface area contributed by atoms with Crippen molar-refractivity contribution in [1.29, 1.82) is 0 Å². The average molecular weight is 468 g/mol. The first-order valence-corrected chi connectivity index (χ1v) is 11.6. The van der Waals surface area contributed by atoms with Gasteiger partial charge in [-0.1, -0.05) is 43.5 Å². The predicted octanol–water partition coefficient (Wildman–Crippen LogP) is 5.04. The number of hydrogen-bond donors (Lipinski definition) is 2. The molecule has 1 amide bonds. The number of hydrogen-bond acceptors (Lipinski definition) is 4. The van der Waals surface area contributed by atoms with Gasteiger partial charge in [0.2, 0.25) is 5.91 Å². The van der Waals surface area contributed by atoms with E-state index in [-0.39, 0.29) is 22.6 Å². The molecule has 0 heterocycles. The molecule has 1 aliphatic carbocycles. The third kappa shape index (κ3) is 6.17. The Bertz CT molecular complexity index is 1110. The highest BCUT2D eigenvalue weighted by Gasteiger charge is 2.32. The Morgan fingerprint density at radius 1 is 1.09 bits per heavy atom. The Morgan fingerprint density at radius 2 is 1.78 bits per heavy atom. The average Bonchev–Trinajstić information content (AvgIpc) is 2.73. The van der Waals surface area contributed by atoms with Crippen LogP contribution < -0.4 is 5.43 Å². The summed E-state index contributed by atoms with van der Waals surface area (Å²) in [5.74, 6) is 0.0528. The molecule has 2 aromatic rings. The Labute approximate surface area is 184 Å². The van der Waals surface area contributed by atoms with Crippen molar-refractivity contribution in [3.8, 4) is 11.1 Å². The zero-order chi connectivity index (χ0) is 23.4. The van der Waals surface area contributed by atoms with E-state index in [4.69, 9.17) is 0 Å². The number of rotatable bonds is 6. The molecule has 1 aliphatic rings. The second-order valence-corrected chi connectivity index (χ2v) is 9.16. The van der Waals surface area contributed by atoms with Gasteiger partial charge in [0.25, 0.3) is 10.1 Å². The molecule has 0 saturated heterocycles. The van der Waals surface area contributed by atoms with Gasteiger partial charge in [0.1, 0.15) is 4.90 Å². The number of nitrogens with zero attached hydrogens (tertiary/aromatic N) is 1. The molecule has 0 radical (unpaired) electrons. The van der Waals surface area contributed by atoms with Crippen LogP contribution in [0.1, 0.15) is 49.7 Å². The van der Waals surface area contributed by atoms with Gasteiger partial charge in [-0.3, -0.25) is 9.35 Å². The van der Waals surface area contributed by atoms with E-state index in [0.717, 1.165) is 25.7 Å². The van der Waals surface area contributed by atoms with E-state index in [2.05, 4.69) is 10.5 Å². The maximum Gasteiger partial charge on any atom is 0.416 e. The van der Waals surface area contributed by atoms with Crippen LogP contribution >= 0.6 is 0 Å². The lowest BCUT2D eigenvalue weighted by Crippen LogP contribution is -2.22. The fourth-order valence-electron chi connectivity index (χ4n) is 3.87. The number of hydrazone groups is 1. The lowest BCUT2D eigenvalue weighted by molar-refractivity contribution is -0.137. The van der Waals surface area contributed by atoms with E-state index >= 15 is 0 Å². The van der Waals surface area contributed by atoms with Crippen molar-refractivity contribution in [3.05, 3.63) is 53.6 Å². The topological polar surface area (TPSA) is 95.8 Å². The molecule has 10 heteroatoms. The van der Waals surface area contributed by atoms with Crippen LogP contribution in [-0.4, -0.2) is 25.1 Å². The van der Waals surface area contributed by atoms with Crippen molar-refractivity contribution in [2.45, 2.75) is 49.6 Å². The smallest absolute Gasteiger partial charge is 0.282 e. The zero-order valence-electron chi connectivity index (χ0n) is 17.1. The summed E-state index contributed by atoms with van der Waals surface area (Å²) < 4.78 is 72.7. The summed E-state index contributed by atoms with van der Waals surface area (Å²) >= 11 is 0. The van der Waals surface area contributed by atoms with E-state index in [0.29, 0.717) is 30.5 Å². The van der Waals surface area contributed by atoms with Gasteiger partial charge in [-0.25, -0.2) is 5.43 Å². The van der Waals surface area contributed by atoms with Crippen LogP contribution in [0.2, 0.25) is 0 Å². The SMILES string of the molecule is O=C(CC1CCCCC1)N/N=C/c1ccccc1-c1cc(C(F)(F)F)ccc1S(=O)(=O)O. The van der Waals surface area contributed by atoms with Gasteiger partial charge < -0.3 is 0 Å². The van der Waals surface area contributed by atoms with Crippen LogP contribution in [0.5, 0.6) is 0 Å². The largest absolute Gasteiger partial charge is 0.416 e. The Hall–Kier alpha value is -2.72. The maximum atomic E-state index is 13.2. The molecule has 0 bridgehead atoms. The first-order chi connectivity index (χ1) is 15.1. The number of benzene rings is 2. The van der Waals surface area contributed by atoms with Crippen molar-refractivity contribution < 1.29 is 30.9 Å². The van der Waals surface area contributed by atoms with Crippen LogP contribution in [0, 0.1) is 5.92 Å². The molecule has 0 unspecified atom stereocenters. The molecule has 3 rings (SSSR count). The summed E-state index contributed by atoms with van der Waals surface area (Å²) in [6, 6.07) is 8.01. The summed E-state index contributed by atoms with van der Waals surface area (Å²) in [4.78, 5) is 11.5. The summed E-state index contributed by atoms with van der Waals surface area (Å²) in [6.07, 6.45) is 2.24. The highest BCUT2D eigenvalue weighted by molar-refractivity contribution is 7.86. The second kappa shape index (κ2) is 9.83. The number of nitrogens with one attached hydrogen (secondary N) is 1. The van der Waals surface area contributed by atoms with Gasteiger partial charge >= 0.3 is 6.18 Å². The minimum atomic E-state index is -4.79. The number of amides is 1. The van der Waals surface area contributed by atoms with Crippen LogP contribution in [0.25, 0.3) is 11.1 Å². The summed E-state index contributed by atoms with van der Waals surface area (Å²) in [5, 5.41) is 3.90. The minimum absolute atomic E-state index is 0.108. The van der Waals surface area contributed by atoms with Crippen LogP contribution in [0.4, 0.5) is 13.2 Å². The van der Waals surface area contributed by atoms with Gasteiger partial charge in [0.05, 0.1) is 11.8 Å². The fourth-order valence-corrected chi connectivity index (χ4v) is 4.56. The molecule has 32 heavy (non-hydrogen) atoms. The molecular formula is C22H23F3N2O4S. The van der Waals surface area contributed by atoms with Crippen LogP contribution in [0.3, 0.4) is 0 Å². The van der Waals surface area contributed by atoms with E-state index in [9.17, 15) is 30.9 Å². The third-order valence-corrected chi connectivity index (χ3v) is 6.34. The van der Waals surface area contributed by atoms with Crippen molar-refractivity contribution in [2.24, 2.45) is 11.0 Å². The quantitative estimate of drug-likeness (QED) is 0.353. The lowest BCUT2D eigenvalue weighted by Gasteiger charge is -2.20. The summed E-state index contributed by atoms with van der Waals surface area (Å²) in [6.45, 7) is 0. The number of halogens is 3. The monoisotopic (exact) mass is 468 g/mol. The molecule has 6 nitrogen and oxygen atoms in total. The maximum absolute atomic E-state index is 13.2. The van der Waals surface area contributed by atoms with E-state index in [1.165, 1.54) is 30.8 Å². The van der Waals surface area contributed by atoms with Gasteiger partial charge in [0, 0.05) is 17.5 Å². The first kappa shape index (κ1) is 23.9. The highest BCUT2D eigenvalue weighted by atomic mass is 32.2. The lowest BCUT2D eigenvalue weighted by atomic mass is 9.87. The van der Waals surface area contributed by atoms with E-state index in [1.54, 1.807) is 6.07 Å². The van der Waals surface area contributed by atoms with Gasteiger partial charge in [-0.15, -0.1) is 0 Å². The molecular weight excluding hydrogens is 445 g/mol. The normalized spacial score (nSPS) is 15.8. The Morgan fingerprint density at radius 3 is 2.44 bits per heavy atom. The molecule has 0 aromatic heterocycles. The molecule has 1 fully saturated rings. The van der Waals surface area contributed by atoms with E-state index < -0.39 is 26.8 Å². The molecule has 2 N–H and O–H groups in total.